The molecule has 0 fully saturated rings. The van der Waals surface area contributed by atoms with Crippen LogP contribution in [0.25, 0.3) is 0 Å². The lowest BCUT2D eigenvalue weighted by atomic mass is 9.89. The maximum atomic E-state index is 11.8. The van der Waals surface area contributed by atoms with E-state index in [1.807, 2.05) is 0 Å². The van der Waals surface area contributed by atoms with Crippen LogP contribution in [0.2, 0.25) is 0 Å². The first-order valence-corrected chi connectivity index (χ1v) is 6.00. The van der Waals surface area contributed by atoms with Gasteiger partial charge in [-0.3, -0.25) is 9.59 Å². The number of carbonyl (C=O) groups excluding carboxylic acids is 2. The molecular weight excluding hydrogens is 244 g/mol. The van der Waals surface area contributed by atoms with Crippen LogP contribution in [0.3, 0.4) is 0 Å². The third-order valence-electron chi connectivity index (χ3n) is 2.66. The average molecular weight is 264 g/mol. The van der Waals surface area contributed by atoms with Crippen molar-refractivity contribution in [2.45, 2.75) is 27.2 Å². The molecule has 0 aliphatic rings. The number of ether oxygens (including phenoxy) is 1. The van der Waals surface area contributed by atoms with Gasteiger partial charge in [-0.15, -0.1) is 0 Å². The van der Waals surface area contributed by atoms with Gasteiger partial charge in [0.05, 0.1) is 19.2 Å². The first kappa shape index (κ1) is 15.0. The van der Waals surface area contributed by atoms with Crippen LogP contribution in [-0.2, 0) is 9.59 Å². The van der Waals surface area contributed by atoms with E-state index in [2.05, 4.69) is 5.32 Å². The van der Waals surface area contributed by atoms with Gasteiger partial charge < -0.3 is 15.8 Å². The fourth-order valence-corrected chi connectivity index (χ4v) is 1.43. The highest BCUT2D eigenvalue weighted by Gasteiger charge is 2.23. The summed E-state index contributed by atoms with van der Waals surface area (Å²) in [6, 6.07) is 4.93. The molecule has 1 aromatic rings. The maximum absolute atomic E-state index is 11.8. The molecule has 0 saturated carbocycles. The number of rotatable bonds is 4. The van der Waals surface area contributed by atoms with Gasteiger partial charge in [-0.2, -0.15) is 0 Å². The predicted octanol–water partition coefficient (Wildman–Crippen LogP) is 2.22. The normalized spacial score (nSPS) is 10.9. The van der Waals surface area contributed by atoms with Gasteiger partial charge in [0.15, 0.2) is 0 Å². The summed E-state index contributed by atoms with van der Waals surface area (Å²) < 4.78 is 5.12. The van der Waals surface area contributed by atoms with E-state index in [-0.39, 0.29) is 18.1 Å². The molecule has 3 N–H and O–H groups in total. The average Bonchev–Trinajstić information content (AvgIpc) is 2.27. The Morgan fingerprint density at radius 3 is 2.47 bits per heavy atom. The molecule has 1 amide bonds. The van der Waals surface area contributed by atoms with E-state index in [1.165, 1.54) is 7.11 Å². The molecule has 104 valence electrons. The molecule has 0 aromatic heterocycles. The molecule has 0 spiro atoms. The smallest absolute Gasteiger partial charge is 0.231 e. The van der Waals surface area contributed by atoms with Crippen molar-refractivity contribution in [3.8, 4) is 5.75 Å². The van der Waals surface area contributed by atoms with Crippen molar-refractivity contribution >= 4 is 23.1 Å². The first-order valence-electron chi connectivity index (χ1n) is 6.00. The highest BCUT2D eigenvalue weighted by atomic mass is 16.5. The van der Waals surface area contributed by atoms with E-state index >= 15 is 0 Å². The quantitative estimate of drug-likeness (QED) is 0.645. The molecule has 5 heteroatoms. The maximum Gasteiger partial charge on any atom is 0.231 e. The molecule has 1 aromatic carbocycles. The molecule has 0 heterocycles. The predicted molar refractivity (Wildman–Crippen MR) is 75.1 cm³/mol. The van der Waals surface area contributed by atoms with Crippen molar-refractivity contribution in [1.29, 1.82) is 0 Å². The Kier molecular flexibility index (Phi) is 4.53. The zero-order valence-electron chi connectivity index (χ0n) is 11.7. The zero-order chi connectivity index (χ0) is 14.6. The number of nitrogens with one attached hydrogen (secondary N) is 1. The molecule has 0 unspecified atom stereocenters. The van der Waals surface area contributed by atoms with E-state index < -0.39 is 5.41 Å². The highest BCUT2D eigenvalue weighted by Crippen LogP contribution is 2.27. The Bertz CT molecular complexity index is 490. The van der Waals surface area contributed by atoms with Gasteiger partial charge >= 0.3 is 0 Å². The van der Waals surface area contributed by atoms with Crippen LogP contribution in [0.5, 0.6) is 5.75 Å². The van der Waals surface area contributed by atoms with E-state index in [1.54, 1.807) is 39.0 Å². The number of ketones is 1. The molecule has 0 atom stereocenters. The monoisotopic (exact) mass is 264 g/mol. The van der Waals surface area contributed by atoms with Gasteiger partial charge in [-0.1, -0.05) is 20.8 Å². The molecule has 0 aliphatic carbocycles. The van der Waals surface area contributed by atoms with Crippen LogP contribution in [-0.4, -0.2) is 18.8 Å². The Hall–Kier alpha value is -2.04. The van der Waals surface area contributed by atoms with Crippen LogP contribution in [0, 0.1) is 5.41 Å². The number of benzene rings is 1. The SMILES string of the molecule is COc1ccc(N)cc1NC(=O)CC(=O)C(C)(C)C. The van der Waals surface area contributed by atoms with Gasteiger partial charge in [0.25, 0.3) is 0 Å². The summed E-state index contributed by atoms with van der Waals surface area (Å²) in [7, 11) is 1.50. The van der Waals surface area contributed by atoms with Crippen LogP contribution >= 0.6 is 0 Å². The van der Waals surface area contributed by atoms with E-state index in [0.717, 1.165) is 0 Å². The van der Waals surface area contributed by atoms with Gasteiger partial charge in [-0.05, 0) is 18.2 Å². The van der Waals surface area contributed by atoms with E-state index in [9.17, 15) is 9.59 Å². The van der Waals surface area contributed by atoms with Crippen molar-refractivity contribution in [3.05, 3.63) is 18.2 Å². The third kappa shape index (κ3) is 4.28. The summed E-state index contributed by atoms with van der Waals surface area (Å²) in [4.78, 5) is 23.6. The lowest BCUT2D eigenvalue weighted by molar-refractivity contribution is -0.130. The molecule has 0 radical (unpaired) electrons. The van der Waals surface area contributed by atoms with Crippen molar-refractivity contribution in [1.82, 2.24) is 0 Å². The van der Waals surface area contributed by atoms with Crippen LogP contribution in [0.15, 0.2) is 18.2 Å². The topological polar surface area (TPSA) is 81.4 Å². The fraction of sp³-hybridized carbons (Fsp3) is 0.429. The second-order valence-electron chi connectivity index (χ2n) is 5.36. The largest absolute Gasteiger partial charge is 0.495 e. The van der Waals surface area contributed by atoms with Crippen molar-refractivity contribution in [2.75, 3.05) is 18.2 Å². The summed E-state index contributed by atoms with van der Waals surface area (Å²) in [5.41, 5.74) is 6.10. The highest BCUT2D eigenvalue weighted by molar-refractivity contribution is 6.06. The first-order chi connectivity index (χ1) is 8.74. The Balaban J connectivity index is 2.77. The number of nitrogen functional groups attached to an aromatic ring is 1. The van der Waals surface area contributed by atoms with Crippen molar-refractivity contribution in [3.63, 3.8) is 0 Å². The van der Waals surface area contributed by atoms with Crippen LogP contribution in [0.4, 0.5) is 11.4 Å². The minimum atomic E-state index is -0.531. The fourth-order valence-electron chi connectivity index (χ4n) is 1.43. The van der Waals surface area contributed by atoms with Crippen molar-refractivity contribution < 1.29 is 14.3 Å². The molecule has 0 bridgehead atoms. The summed E-state index contributed by atoms with van der Waals surface area (Å²) in [6.45, 7) is 5.34. The standard InChI is InChI=1S/C14H20N2O3/c1-14(2,3)12(17)8-13(18)16-10-7-9(15)5-6-11(10)19-4/h5-7H,8,15H2,1-4H3,(H,16,18). The minimum absolute atomic E-state index is 0.118. The summed E-state index contributed by atoms with van der Waals surface area (Å²) in [5, 5.41) is 2.64. The van der Waals surface area contributed by atoms with Crippen molar-refractivity contribution in [2.24, 2.45) is 5.41 Å². The number of hydrogen-bond donors (Lipinski definition) is 2. The molecule has 0 saturated heterocycles. The lowest BCUT2D eigenvalue weighted by Gasteiger charge is -2.16. The molecule has 5 nitrogen and oxygen atoms in total. The third-order valence-corrected chi connectivity index (χ3v) is 2.66. The van der Waals surface area contributed by atoms with Crippen LogP contribution < -0.4 is 15.8 Å². The lowest BCUT2D eigenvalue weighted by Crippen LogP contribution is -2.26. The molecule has 1 rings (SSSR count). The van der Waals surface area contributed by atoms with Gasteiger partial charge in [0, 0.05) is 11.1 Å². The van der Waals surface area contributed by atoms with Gasteiger partial charge in [0.1, 0.15) is 11.5 Å². The molecule has 0 aliphatic heterocycles. The molecule has 19 heavy (non-hydrogen) atoms. The number of Topliss-reactive ketones (excluding diaryl/α,β-unsaturated/α-hetero) is 1. The second-order valence-corrected chi connectivity index (χ2v) is 5.36. The van der Waals surface area contributed by atoms with E-state index in [4.69, 9.17) is 10.5 Å². The van der Waals surface area contributed by atoms with Crippen LogP contribution in [0.1, 0.15) is 27.2 Å². The second kappa shape index (κ2) is 5.73. The number of methoxy groups -OCH3 is 1. The minimum Gasteiger partial charge on any atom is -0.495 e. The number of amides is 1. The summed E-state index contributed by atoms with van der Waals surface area (Å²) >= 11 is 0. The summed E-state index contributed by atoms with van der Waals surface area (Å²) in [6.07, 6.45) is -0.165. The van der Waals surface area contributed by atoms with Gasteiger partial charge in [-0.25, -0.2) is 0 Å². The number of hydrogen-bond acceptors (Lipinski definition) is 4. The Labute approximate surface area is 113 Å². The number of nitrogens with two attached hydrogens (primary N) is 1. The number of anilines is 2. The summed E-state index contributed by atoms with van der Waals surface area (Å²) in [5.74, 6) is 0.0162. The van der Waals surface area contributed by atoms with E-state index in [0.29, 0.717) is 17.1 Å². The Morgan fingerprint density at radius 1 is 1.32 bits per heavy atom. The molecular formula is C14H20N2O3. The zero-order valence-corrected chi connectivity index (χ0v) is 11.7. The number of carbonyl (C=O) groups is 2. The Morgan fingerprint density at radius 2 is 1.95 bits per heavy atom. The van der Waals surface area contributed by atoms with Gasteiger partial charge in [0.2, 0.25) is 5.91 Å².